The summed E-state index contributed by atoms with van der Waals surface area (Å²) in [5.74, 6) is 0.771. The van der Waals surface area contributed by atoms with Gasteiger partial charge in [0.25, 0.3) is 0 Å². The molecule has 0 aromatic heterocycles. The highest BCUT2D eigenvalue weighted by Gasteiger charge is 2.23. The second kappa shape index (κ2) is 13.2. The third kappa shape index (κ3) is 8.40. The summed E-state index contributed by atoms with van der Waals surface area (Å²) >= 11 is 0. The van der Waals surface area contributed by atoms with E-state index in [0.717, 1.165) is 51.3 Å². The predicted octanol–water partition coefficient (Wildman–Crippen LogP) is 1.85. The minimum atomic E-state index is -0.238. The van der Waals surface area contributed by atoms with Gasteiger partial charge in [0.2, 0.25) is 0 Å². The number of aliphatic imine (C=N–C) groups is 1. The molecule has 0 atom stereocenters. The van der Waals surface area contributed by atoms with Crippen molar-refractivity contribution in [3.8, 4) is 0 Å². The highest BCUT2D eigenvalue weighted by molar-refractivity contribution is 5.80. The van der Waals surface area contributed by atoms with Crippen molar-refractivity contribution in [2.75, 3.05) is 53.0 Å². The largest absolute Gasteiger partial charge is 0.466 e. The second-order valence-electron chi connectivity index (χ2n) is 6.12. The van der Waals surface area contributed by atoms with Crippen molar-refractivity contribution in [3.63, 3.8) is 0 Å². The Labute approximate surface area is 156 Å². The first-order valence-electron chi connectivity index (χ1n) is 9.65. The van der Waals surface area contributed by atoms with Crippen LogP contribution < -0.4 is 5.32 Å². The lowest BCUT2D eigenvalue weighted by molar-refractivity contribution is -0.143. The van der Waals surface area contributed by atoms with Gasteiger partial charge in [0.1, 0.15) is 0 Å². The highest BCUT2D eigenvalue weighted by atomic mass is 16.6. The summed E-state index contributed by atoms with van der Waals surface area (Å²) in [4.78, 5) is 31.2. The van der Waals surface area contributed by atoms with Crippen LogP contribution in [-0.4, -0.2) is 80.8 Å². The molecule has 0 bridgehead atoms. The van der Waals surface area contributed by atoms with Crippen LogP contribution in [0.2, 0.25) is 0 Å². The molecule has 8 nitrogen and oxygen atoms in total. The van der Waals surface area contributed by atoms with Crippen LogP contribution >= 0.6 is 0 Å². The molecule has 0 radical (unpaired) electrons. The maximum atomic E-state index is 11.7. The number of nitrogens with zero attached hydrogens (tertiary/aromatic N) is 3. The Kier molecular flexibility index (Phi) is 11.2. The van der Waals surface area contributed by atoms with Gasteiger partial charge in [-0.2, -0.15) is 0 Å². The minimum Gasteiger partial charge on any atom is -0.466 e. The molecule has 0 saturated carbocycles. The number of guanidine groups is 1. The standard InChI is InChI=1S/C18H34N4O4/c1-4-25-16(23)10-8-6-7-9-11-20-17(19-3)21-12-14-22(15-13-21)18(24)26-5-2/h4-15H2,1-3H3,(H,19,20). The van der Waals surface area contributed by atoms with E-state index in [1.165, 1.54) is 0 Å². The summed E-state index contributed by atoms with van der Waals surface area (Å²) in [5.41, 5.74) is 0. The normalized spacial score (nSPS) is 15.0. The topological polar surface area (TPSA) is 83.5 Å². The molecule has 150 valence electrons. The van der Waals surface area contributed by atoms with Crippen molar-refractivity contribution in [1.29, 1.82) is 0 Å². The van der Waals surface area contributed by atoms with Gasteiger partial charge >= 0.3 is 12.1 Å². The number of piperazine rings is 1. The van der Waals surface area contributed by atoms with Crippen LogP contribution in [0.15, 0.2) is 4.99 Å². The van der Waals surface area contributed by atoms with Gasteiger partial charge in [-0.05, 0) is 26.7 Å². The zero-order valence-corrected chi connectivity index (χ0v) is 16.5. The zero-order chi connectivity index (χ0) is 19.2. The zero-order valence-electron chi connectivity index (χ0n) is 16.5. The van der Waals surface area contributed by atoms with Crippen LogP contribution in [-0.2, 0) is 14.3 Å². The number of nitrogens with one attached hydrogen (secondary N) is 1. The SMILES string of the molecule is CCOC(=O)CCCCCCNC(=NC)N1CCN(C(=O)OCC)CC1. The molecule has 1 saturated heterocycles. The van der Waals surface area contributed by atoms with E-state index in [4.69, 9.17) is 9.47 Å². The fourth-order valence-corrected chi connectivity index (χ4v) is 2.83. The third-order valence-electron chi connectivity index (χ3n) is 4.21. The van der Waals surface area contributed by atoms with E-state index in [-0.39, 0.29) is 12.1 Å². The Morgan fingerprint density at radius 2 is 1.54 bits per heavy atom. The average Bonchev–Trinajstić information content (AvgIpc) is 2.64. The number of hydrogen-bond acceptors (Lipinski definition) is 5. The number of carbonyl (C=O) groups excluding carboxylic acids is 2. The monoisotopic (exact) mass is 370 g/mol. The molecule has 1 N–H and O–H groups in total. The first-order valence-corrected chi connectivity index (χ1v) is 9.65. The van der Waals surface area contributed by atoms with Gasteiger partial charge in [-0.1, -0.05) is 12.8 Å². The molecule has 0 spiro atoms. The summed E-state index contributed by atoms with van der Waals surface area (Å²) in [6.45, 7) is 8.14. The van der Waals surface area contributed by atoms with Gasteiger partial charge in [0.05, 0.1) is 13.2 Å². The fraction of sp³-hybridized carbons (Fsp3) is 0.833. The van der Waals surface area contributed by atoms with E-state index in [0.29, 0.717) is 32.7 Å². The van der Waals surface area contributed by atoms with Crippen molar-refractivity contribution in [2.45, 2.75) is 46.0 Å². The molecule has 0 aromatic carbocycles. The van der Waals surface area contributed by atoms with Crippen LogP contribution in [0.1, 0.15) is 46.0 Å². The molecule has 1 aliphatic rings. The van der Waals surface area contributed by atoms with Crippen molar-refractivity contribution < 1.29 is 19.1 Å². The Morgan fingerprint density at radius 1 is 0.923 bits per heavy atom. The van der Waals surface area contributed by atoms with Crippen LogP contribution in [0.25, 0.3) is 0 Å². The molecule has 1 aliphatic heterocycles. The van der Waals surface area contributed by atoms with Gasteiger partial charge in [-0.3, -0.25) is 9.79 Å². The van der Waals surface area contributed by atoms with Crippen LogP contribution in [0.3, 0.4) is 0 Å². The molecule has 0 aromatic rings. The highest BCUT2D eigenvalue weighted by Crippen LogP contribution is 2.06. The third-order valence-corrected chi connectivity index (χ3v) is 4.21. The molecule has 8 heteroatoms. The molecular weight excluding hydrogens is 336 g/mol. The summed E-state index contributed by atoms with van der Waals surface area (Å²) in [6.07, 6.45) is 4.27. The van der Waals surface area contributed by atoms with Gasteiger partial charge in [0.15, 0.2) is 5.96 Å². The summed E-state index contributed by atoms with van der Waals surface area (Å²) in [5, 5.41) is 3.38. The lowest BCUT2D eigenvalue weighted by atomic mass is 10.1. The number of unbranched alkanes of at least 4 members (excludes halogenated alkanes) is 3. The quantitative estimate of drug-likeness (QED) is 0.289. The number of ether oxygens (including phenoxy) is 2. The lowest BCUT2D eigenvalue weighted by Crippen LogP contribution is -2.54. The van der Waals surface area contributed by atoms with Gasteiger partial charge in [-0.25, -0.2) is 4.79 Å². The van der Waals surface area contributed by atoms with Crippen molar-refractivity contribution in [2.24, 2.45) is 4.99 Å². The molecule has 1 heterocycles. The smallest absolute Gasteiger partial charge is 0.409 e. The summed E-state index contributed by atoms with van der Waals surface area (Å²) < 4.78 is 9.95. The molecule has 1 amide bonds. The molecule has 0 aliphatic carbocycles. The Morgan fingerprint density at radius 3 is 2.15 bits per heavy atom. The second-order valence-corrected chi connectivity index (χ2v) is 6.12. The predicted molar refractivity (Wildman–Crippen MR) is 101 cm³/mol. The number of esters is 1. The van der Waals surface area contributed by atoms with Gasteiger partial charge in [-0.15, -0.1) is 0 Å². The van der Waals surface area contributed by atoms with E-state index in [9.17, 15) is 9.59 Å². The van der Waals surface area contributed by atoms with Crippen molar-refractivity contribution >= 4 is 18.0 Å². The Balaban J connectivity index is 2.14. The number of rotatable bonds is 9. The van der Waals surface area contributed by atoms with Crippen molar-refractivity contribution in [3.05, 3.63) is 0 Å². The number of amides is 1. The molecular formula is C18H34N4O4. The maximum absolute atomic E-state index is 11.7. The Bertz CT molecular complexity index is 448. The molecule has 0 unspecified atom stereocenters. The fourth-order valence-electron chi connectivity index (χ4n) is 2.83. The van der Waals surface area contributed by atoms with E-state index in [2.05, 4.69) is 15.2 Å². The van der Waals surface area contributed by atoms with E-state index >= 15 is 0 Å². The van der Waals surface area contributed by atoms with Gasteiger partial charge < -0.3 is 24.6 Å². The summed E-state index contributed by atoms with van der Waals surface area (Å²) in [6, 6.07) is 0. The summed E-state index contributed by atoms with van der Waals surface area (Å²) in [7, 11) is 1.78. The first-order chi connectivity index (χ1) is 12.6. The van der Waals surface area contributed by atoms with Crippen LogP contribution in [0.4, 0.5) is 4.79 Å². The minimum absolute atomic E-state index is 0.104. The van der Waals surface area contributed by atoms with Crippen molar-refractivity contribution in [1.82, 2.24) is 15.1 Å². The Hall–Kier alpha value is -1.99. The van der Waals surface area contributed by atoms with E-state index in [1.54, 1.807) is 11.9 Å². The van der Waals surface area contributed by atoms with E-state index in [1.807, 2.05) is 13.8 Å². The van der Waals surface area contributed by atoms with E-state index < -0.39 is 0 Å². The maximum Gasteiger partial charge on any atom is 0.409 e. The first kappa shape index (κ1) is 22.1. The average molecular weight is 370 g/mol. The van der Waals surface area contributed by atoms with Crippen LogP contribution in [0.5, 0.6) is 0 Å². The molecule has 1 fully saturated rings. The molecule has 1 rings (SSSR count). The lowest BCUT2D eigenvalue weighted by Gasteiger charge is -2.35. The number of carbonyl (C=O) groups is 2. The van der Waals surface area contributed by atoms with Gasteiger partial charge in [0, 0.05) is 46.2 Å². The van der Waals surface area contributed by atoms with Crippen LogP contribution in [0, 0.1) is 0 Å². The molecule has 26 heavy (non-hydrogen) atoms. The number of hydrogen-bond donors (Lipinski definition) is 1.